The first kappa shape index (κ1) is 22.2. The Morgan fingerprint density at radius 3 is 2.36 bits per heavy atom. The van der Waals surface area contributed by atoms with Gasteiger partial charge in [0.2, 0.25) is 15.9 Å². The monoisotopic (exact) mass is 423 g/mol. The molecule has 0 unspecified atom stereocenters. The van der Waals surface area contributed by atoms with Gasteiger partial charge in [-0.05, 0) is 30.2 Å². The van der Waals surface area contributed by atoms with Crippen LogP contribution in [0.3, 0.4) is 0 Å². The van der Waals surface area contributed by atoms with E-state index in [0.29, 0.717) is 17.1 Å². The molecule has 2 rings (SSSR count). The highest BCUT2D eigenvalue weighted by molar-refractivity contribution is 7.88. The summed E-state index contributed by atoms with van der Waals surface area (Å²) in [6.07, 6.45) is 1.84. The van der Waals surface area contributed by atoms with Crippen molar-refractivity contribution in [2.45, 2.75) is 13.0 Å². The summed E-state index contributed by atoms with van der Waals surface area (Å²) >= 11 is 6.11. The van der Waals surface area contributed by atoms with E-state index in [1.54, 1.807) is 24.3 Å². The molecule has 0 saturated carbocycles. The van der Waals surface area contributed by atoms with Crippen LogP contribution in [0.4, 0.5) is 5.69 Å². The number of nitrogens with zero attached hydrogens (tertiary/aromatic N) is 2. The van der Waals surface area contributed by atoms with Crippen molar-refractivity contribution in [2.75, 3.05) is 37.8 Å². The van der Waals surface area contributed by atoms with Gasteiger partial charge in [-0.3, -0.25) is 4.79 Å². The van der Waals surface area contributed by atoms with E-state index in [1.807, 2.05) is 37.4 Å². The number of hydrogen-bond acceptors (Lipinski definition) is 4. The maximum absolute atomic E-state index is 12.2. The first-order chi connectivity index (χ1) is 13.3. The van der Waals surface area contributed by atoms with Gasteiger partial charge in [-0.15, -0.1) is 0 Å². The molecule has 152 valence electrons. The molecule has 0 spiro atoms. The van der Waals surface area contributed by atoms with Crippen molar-refractivity contribution in [2.24, 2.45) is 0 Å². The van der Waals surface area contributed by atoms with Gasteiger partial charge in [0.15, 0.2) is 0 Å². The second-order valence-corrected chi connectivity index (χ2v) is 8.97. The van der Waals surface area contributed by atoms with E-state index < -0.39 is 10.0 Å². The van der Waals surface area contributed by atoms with Gasteiger partial charge in [0.1, 0.15) is 0 Å². The van der Waals surface area contributed by atoms with Crippen LogP contribution in [0.25, 0.3) is 0 Å². The van der Waals surface area contributed by atoms with E-state index in [2.05, 4.69) is 10.2 Å². The molecule has 0 saturated heterocycles. The lowest BCUT2D eigenvalue weighted by molar-refractivity contribution is -0.121. The van der Waals surface area contributed by atoms with Gasteiger partial charge in [-0.25, -0.2) is 8.42 Å². The number of halogens is 1. The highest BCUT2D eigenvalue weighted by Crippen LogP contribution is 2.18. The predicted molar refractivity (Wildman–Crippen MR) is 114 cm³/mol. The minimum absolute atomic E-state index is 0.0582. The first-order valence-corrected chi connectivity index (χ1v) is 11.2. The molecule has 0 aromatic heterocycles. The van der Waals surface area contributed by atoms with Gasteiger partial charge in [-0.2, -0.15) is 4.31 Å². The van der Waals surface area contributed by atoms with Crippen molar-refractivity contribution < 1.29 is 13.2 Å². The molecule has 0 heterocycles. The van der Waals surface area contributed by atoms with Crippen LogP contribution in [-0.2, 0) is 21.4 Å². The normalized spacial score (nSPS) is 11.4. The Bertz CT molecular complexity index is 875. The molecular weight excluding hydrogens is 398 g/mol. The van der Waals surface area contributed by atoms with Crippen molar-refractivity contribution in [1.29, 1.82) is 0 Å². The third-order valence-electron chi connectivity index (χ3n) is 4.28. The van der Waals surface area contributed by atoms with Crippen LogP contribution >= 0.6 is 11.6 Å². The molecular formula is C20H26ClN3O3S. The Morgan fingerprint density at radius 2 is 1.71 bits per heavy atom. The number of rotatable bonds is 10. The molecule has 0 aliphatic rings. The highest BCUT2D eigenvalue weighted by Gasteiger charge is 2.21. The average molecular weight is 424 g/mol. The molecule has 0 radical (unpaired) electrons. The minimum atomic E-state index is -3.55. The Balaban J connectivity index is 1.82. The smallest absolute Gasteiger partial charge is 0.235 e. The molecule has 0 atom stereocenters. The molecule has 2 aromatic carbocycles. The highest BCUT2D eigenvalue weighted by atomic mass is 35.5. The zero-order valence-corrected chi connectivity index (χ0v) is 17.7. The van der Waals surface area contributed by atoms with Crippen LogP contribution in [-0.4, -0.2) is 51.6 Å². The quantitative estimate of drug-likeness (QED) is 0.596. The second-order valence-electron chi connectivity index (χ2n) is 6.58. The number of sulfonamides is 1. The van der Waals surface area contributed by atoms with Crippen molar-refractivity contribution >= 4 is 33.2 Å². The number of hydrogen-bond donors (Lipinski definition) is 1. The number of para-hydroxylation sites is 1. The molecule has 28 heavy (non-hydrogen) atoms. The summed E-state index contributed by atoms with van der Waals surface area (Å²) in [4.78, 5) is 14.3. The number of benzene rings is 2. The molecule has 0 aliphatic carbocycles. The van der Waals surface area contributed by atoms with Gasteiger partial charge >= 0.3 is 0 Å². The largest absolute Gasteiger partial charge is 0.375 e. The number of carbonyl (C=O) groups excluding carboxylic acids is 1. The molecule has 0 aliphatic heterocycles. The lowest BCUT2D eigenvalue weighted by Gasteiger charge is -2.21. The summed E-state index contributed by atoms with van der Waals surface area (Å²) in [6.45, 7) is 1.07. The van der Waals surface area contributed by atoms with Gasteiger partial charge in [0, 0.05) is 37.4 Å². The Morgan fingerprint density at radius 1 is 1.07 bits per heavy atom. The zero-order chi connectivity index (χ0) is 20.6. The minimum Gasteiger partial charge on any atom is -0.375 e. The summed E-state index contributed by atoms with van der Waals surface area (Å²) in [5, 5.41) is 3.26. The predicted octanol–water partition coefficient (Wildman–Crippen LogP) is 2.74. The van der Waals surface area contributed by atoms with Crippen LogP contribution in [0.15, 0.2) is 54.6 Å². The summed E-state index contributed by atoms with van der Waals surface area (Å²) in [5.74, 6) is -0.333. The topological polar surface area (TPSA) is 69.7 Å². The first-order valence-electron chi connectivity index (χ1n) is 8.99. The van der Waals surface area contributed by atoms with Crippen LogP contribution in [0.1, 0.15) is 12.0 Å². The average Bonchev–Trinajstić information content (AvgIpc) is 2.66. The number of carbonyl (C=O) groups is 1. The standard InChI is InChI=1S/C20H26ClN3O3S/c1-23(18-10-4-3-5-11-18)14-8-13-22-20(25)16-24(28(2,26)27)15-17-9-6-7-12-19(17)21/h3-7,9-12H,8,13-16H2,1-2H3,(H,22,25). The van der Waals surface area contributed by atoms with Crippen molar-refractivity contribution in [3.63, 3.8) is 0 Å². The third kappa shape index (κ3) is 7.14. The summed E-state index contributed by atoms with van der Waals surface area (Å²) < 4.78 is 25.2. The Hall–Kier alpha value is -2.09. The van der Waals surface area contributed by atoms with Gasteiger partial charge in [0.25, 0.3) is 0 Å². The second kappa shape index (κ2) is 10.5. The van der Waals surface area contributed by atoms with E-state index >= 15 is 0 Å². The van der Waals surface area contributed by atoms with Crippen molar-refractivity contribution in [1.82, 2.24) is 9.62 Å². The molecule has 2 aromatic rings. The Kier molecular flexibility index (Phi) is 8.29. The van der Waals surface area contributed by atoms with Crippen LogP contribution in [0, 0.1) is 0 Å². The maximum Gasteiger partial charge on any atom is 0.235 e. The molecule has 0 fully saturated rings. The van der Waals surface area contributed by atoms with Gasteiger partial charge in [0.05, 0.1) is 12.8 Å². The van der Waals surface area contributed by atoms with E-state index in [0.717, 1.165) is 29.2 Å². The Labute approximate surface area is 172 Å². The number of nitrogens with one attached hydrogen (secondary N) is 1. The van der Waals surface area contributed by atoms with E-state index in [4.69, 9.17) is 11.6 Å². The van der Waals surface area contributed by atoms with E-state index in [1.165, 1.54) is 0 Å². The molecule has 1 N–H and O–H groups in total. The fourth-order valence-corrected chi connectivity index (χ4v) is 3.60. The lowest BCUT2D eigenvalue weighted by atomic mass is 10.2. The lowest BCUT2D eigenvalue weighted by Crippen LogP contribution is -2.40. The maximum atomic E-state index is 12.2. The summed E-state index contributed by atoms with van der Waals surface area (Å²) in [7, 11) is -1.56. The van der Waals surface area contributed by atoms with E-state index in [9.17, 15) is 13.2 Å². The SMILES string of the molecule is CN(CCCNC(=O)CN(Cc1ccccc1Cl)S(C)(=O)=O)c1ccccc1. The van der Waals surface area contributed by atoms with Crippen molar-refractivity contribution in [3.05, 3.63) is 65.2 Å². The third-order valence-corrected chi connectivity index (χ3v) is 5.85. The fourth-order valence-electron chi connectivity index (χ4n) is 2.68. The number of anilines is 1. The van der Waals surface area contributed by atoms with Gasteiger partial charge < -0.3 is 10.2 Å². The van der Waals surface area contributed by atoms with Gasteiger partial charge in [-0.1, -0.05) is 48.0 Å². The van der Waals surface area contributed by atoms with Crippen LogP contribution in [0.2, 0.25) is 5.02 Å². The van der Waals surface area contributed by atoms with Crippen LogP contribution in [0.5, 0.6) is 0 Å². The summed E-state index contributed by atoms with van der Waals surface area (Å²) in [6, 6.07) is 17.0. The fraction of sp³-hybridized carbons (Fsp3) is 0.350. The summed E-state index contributed by atoms with van der Waals surface area (Å²) in [5.41, 5.74) is 1.77. The van der Waals surface area contributed by atoms with E-state index in [-0.39, 0.29) is 19.0 Å². The molecule has 1 amide bonds. The molecule has 8 heteroatoms. The van der Waals surface area contributed by atoms with Crippen LogP contribution < -0.4 is 10.2 Å². The zero-order valence-electron chi connectivity index (χ0n) is 16.1. The number of amides is 1. The molecule has 0 bridgehead atoms. The van der Waals surface area contributed by atoms with Crippen molar-refractivity contribution in [3.8, 4) is 0 Å². The molecule has 6 nitrogen and oxygen atoms in total.